The Morgan fingerprint density at radius 2 is 1.41 bits per heavy atom. The molecule has 0 aliphatic heterocycles. The van der Waals surface area contributed by atoms with Crippen LogP contribution < -0.4 is 32.7 Å². The molecule has 2 rings (SSSR count). The average molecular weight is 642 g/mol. The Balaban J connectivity index is 2.03. The number of primary amides is 1. The molecule has 5 amide bonds. The molecule has 4 atom stereocenters. The molecule has 0 heterocycles. The topological polar surface area (TPSA) is 249 Å². The minimum absolute atomic E-state index is 0.0698. The van der Waals surface area contributed by atoms with Crippen LogP contribution in [-0.4, -0.2) is 70.3 Å². The Kier molecular flexibility index (Phi) is 13.6. The van der Waals surface area contributed by atoms with Crippen LogP contribution in [0.4, 0.5) is 5.69 Å². The maximum Gasteiger partial charge on any atom is 0.269 e. The number of carbonyl (C=O) groups excluding carboxylic acids is 5. The lowest BCUT2D eigenvalue weighted by Gasteiger charge is -2.25. The summed E-state index contributed by atoms with van der Waals surface area (Å²) < 4.78 is 0. The molecule has 0 radical (unpaired) electrons. The lowest BCUT2D eigenvalue weighted by Crippen LogP contribution is -2.56. The highest BCUT2D eigenvalue weighted by Gasteiger charge is 2.28. The van der Waals surface area contributed by atoms with E-state index in [0.717, 1.165) is 0 Å². The number of benzene rings is 2. The lowest BCUT2D eigenvalue weighted by atomic mass is 9.88. The molecule has 0 saturated heterocycles. The van der Waals surface area contributed by atoms with Gasteiger partial charge in [-0.1, -0.05) is 45.0 Å². The predicted molar refractivity (Wildman–Crippen MR) is 169 cm³/mol. The number of nitrogens with one attached hydrogen (secondary N) is 4. The smallest absolute Gasteiger partial charge is 0.269 e. The largest absolute Gasteiger partial charge is 0.508 e. The first-order valence-corrected chi connectivity index (χ1v) is 14.7. The normalized spacial score (nSPS) is 13.8. The van der Waals surface area contributed by atoms with Crippen LogP contribution in [0.2, 0.25) is 0 Å². The number of nitrogens with two attached hydrogens (primary N) is 2. The van der Waals surface area contributed by atoms with Gasteiger partial charge in [0, 0.05) is 18.6 Å². The van der Waals surface area contributed by atoms with Crippen molar-refractivity contribution in [2.24, 2.45) is 16.9 Å². The molecule has 15 nitrogen and oxygen atoms in total. The van der Waals surface area contributed by atoms with Crippen LogP contribution in [0.25, 0.3) is 0 Å². The Hall–Kier alpha value is -5.05. The summed E-state index contributed by atoms with van der Waals surface area (Å²) >= 11 is 0. The first kappa shape index (κ1) is 37.1. The molecular formula is C31H43N7O8. The highest BCUT2D eigenvalue weighted by Crippen LogP contribution is 2.22. The van der Waals surface area contributed by atoms with E-state index in [0.29, 0.717) is 17.5 Å². The van der Waals surface area contributed by atoms with E-state index < -0.39 is 65.2 Å². The van der Waals surface area contributed by atoms with Crippen LogP contribution in [0.5, 0.6) is 5.75 Å². The highest BCUT2D eigenvalue weighted by molar-refractivity contribution is 5.94. The van der Waals surface area contributed by atoms with Crippen LogP contribution in [0, 0.1) is 15.5 Å². The molecule has 2 aromatic rings. The van der Waals surface area contributed by atoms with Gasteiger partial charge in [-0.05, 0) is 54.9 Å². The van der Waals surface area contributed by atoms with Crippen molar-refractivity contribution in [1.82, 2.24) is 21.3 Å². The van der Waals surface area contributed by atoms with Gasteiger partial charge in [0.2, 0.25) is 29.5 Å². The maximum atomic E-state index is 13.3. The third kappa shape index (κ3) is 12.9. The van der Waals surface area contributed by atoms with Crippen molar-refractivity contribution < 1.29 is 34.0 Å². The summed E-state index contributed by atoms with van der Waals surface area (Å²) in [6.45, 7) is 6.77. The molecule has 250 valence electrons. The van der Waals surface area contributed by atoms with Crippen molar-refractivity contribution in [3.63, 3.8) is 0 Å². The van der Waals surface area contributed by atoms with Crippen molar-refractivity contribution in [1.29, 1.82) is 0 Å². The van der Waals surface area contributed by atoms with Gasteiger partial charge in [-0.25, -0.2) is 0 Å². The number of carbonyl (C=O) groups is 5. The predicted octanol–water partition coefficient (Wildman–Crippen LogP) is 0.315. The maximum absolute atomic E-state index is 13.3. The Bertz CT molecular complexity index is 1390. The summed E-state index contributed by atoms with van der Waals surface area (Å²) in [6.07, 6.45) is 0.914. The van der Waals surface area contributed by atoms with E-state index in [2.05, 4.69) is 21.3 Å². The molecule has 0 bridgehead atoms. The van der Waals surface area contributed by atoms with Gasteiger partial charge in [-0.2, -0.15) is 0 Å². The van der Waals surface area contributed by atoms with Gasteiger partial charge in [0.05, 0.1) is 17.5 Å². The van der Waals surface area contributed by atoms with Crippen molar-refractivity contribution in [2.75, 3.05) is 6.54 Å². The van der Waals surface area contributed by atoms with Gasteiger partial charge in [0.25, 0.3) is 5.69 Å². The van der Waals surface area contributed by atoms with Gasteiger partial charge in [-0.3, -0.25) is 34.1 Å². The molecule has 15 heteroatoms. The monoisotopic (exact) mass is 641 g/mol. The number of nitro benzene ring substituents is 1. The van der Waals surface area contributed by atoms with Crippen molar-refractivity contribution in [2.45, 2.75) is 77.5 Å². The summed E-state index contributed by atoms with van der Waals surface area (Å²) in [7, 11) is 0. The Labute approximate surface area is 267 Å². The minimum Gasteiger partial charge on any atom is -0.508 e. The van der Waals surface area contributed by atoms with Gasteiger partial charge in [0.1, 0.15) is 23.9 Å². The van der Waals surface area contributed by atoms with Crippen LogP contribution >= 0.6 is 0 Å². The summed E-state index contributed by atoms with van der Waals surface area (Å²) in [5.41, 5.74) is 12.4. The molecule has 0 spiro atoms. The van der Waals surface area contributed by atoms with Crippen molar-refractivity contribution >= 4 is 35.2 Å². The standard InChI is InChI=1S/C31H43N7O8/c1-18(35-29(43)23(32)15-19-7-11-22(39)12-8-19)28(42)34-17-26(40)36-25(16-20-5-9-21(10-6-20)38(45)46)30(44)37-24(27(33)41)13-14-31(2,3)4/h5-12,18,23-25,39H,13-17,32H2,1-4H3,(H2,33,41)(H,34,42)(H,35,43)(H,36,40)(H,37,44)/t18-,23-,24-,25-/m0/s1. The number of amides is 5. The van der Waals surface area contributed by atoms with E-state index in [9.17, 15) is 39.2 Å². The molecule has 0 unspecified atom stereocenters. The zero-order valence-corrected chi connectivity index (χ0v) is 26.4. The molecule has 2 aromatic carbocycles. The number of nitrogens with zero attached hydrogens (tertiary/aromatic N) is 1. The van der Waals surface area contributed by atoms with E-state index >= 15 is 0 Å². The average Bonchev–Trinajstić information content (AvgIpc) is 2.98. The third-order valence-electron chi connectivity index (χ3n) is 6.99. The molecule has 9 N–H and O–H groups in total. The minimum atomic E-state index is -1.22. The number of rotatable bonds is 16. The zero-order chi connectivity index (χ0) is 34.6. The number of hydrogen-bond acceptors (Lipinski definition) is 9. The first-order chi connectivity index (χ1) is 21.4. The molecule has 0 aliphatic carbocycles. The number of phenolic OH excluding ortho intramolecular Hbond substituents is 1. The van der Waals surface area contributed by atoms with Gasteiger partial charge < -0.3 is 37.8 Å². The van der Waals surface area contributed by atoms with Crippen LogP contribution in [0.1, 0.15) is 51.7 Å². The number of aromatic hydroxyl groups is 1. The van der Waals surface area contributed by atoms with E-state index in [1.807, 2.05) is 20.8 Å². The molecule has 0 fully saturated rings. The fourth-order valence-electron chi connectivity index (χ4n) is 4.26. The second-order valence-corrected chi connectivity index (χ2v) is 12.2. The first-order valence-electron chi connectivity index (χ1n) is 14.7. The second-order valence-electron chi connectivity index (χ2n) is 12.2. The van der Waals surface area contributed by atoms with Crippen LogP contribution in [0.15, 0.2) is 48.5 Å². The fraction of sp³-hybridized carbons (Fsp3) is 0.452. The molecule has 46 heavy (non-hydrogen) atoms. The summed E-state index contributed by atoms with van der Waals surface area (Å²) in [5.74, 6) is -3.42. The fourth-order valence-corrected chi connectivity index (χ4v) is 4.26. The van der Waals surface area contributed by atoms with Crippen LogP contribution in [-0.2, 0) is 36.8 Å². The number of nitro groups is 1. The number of non-ortho nitro benzene ring substituents is 1. The highest BCUT2D eigenvalue weighted by atomic mass is 16.6. The Morgan fingerprint density at radius 3 is 1.96 bits per heavy atom. The lowest BCUT2D eigenvalue weighted by molar-refractivity contribution is -0.384. The summed E-state index contributed by atoms with van der Waals surface area (Å²) in [6, 6.07) is 7.29. The molecule has 0 aliphatic rings. The SMILES string of the molecule is C[C@H](NC(=O)[C@@H](N)Cc1ccc(O)cc1)C(=O)NCC(=O)N[C@@H](Cc1ccc([N+](=O)[O-])cc1)C(=O)N[C@@H](CCC(C)(C)C)C(N)=O. The van der Waals surface area contributed by atoms with Crippen molar-refractivity contribution in [3.05, 3.63) is 69.8 Å². The van der Waals surface area contributed by atoms with Gasteiger partial charge in [0.15, 0.2) is 0 Å². The summed E-state index contributed by atoms with van der Waals surface area (Å²) in [4.78, 5) is 73.8. The third-order valence-corrected chi connectivity index (χ3v) is 6.99. The van der Waals surface area contributed by atoms with Crippen molar-refractivity contribution in [3.8, 4) is 5.75 Å². The Morgan fingerprint density at radius 1 is 0.848 bits per heavy atom. The quantitative estimate of drug-likeness (QED) is 0.0983. The number of hydrogen-bond donors (Lipinski definition) is 7. The molecule has 0 saturated carbocycles. The molecular weight excluding hydrogens is 598 g/mol. The van der Waals surface area contributed by atoms with E-state index in [4.69, 9.17) is 11.5 Å². The van der Waals surface area contributed by atoms with E-state index in [1.165, 1.54) is 43.3 Å². The van der Waals surface area contributed by atoms with Gasteiger partial charge >= 0.3 is 0 Å². The second kappa shape index (κ2) is 16.9. The van der Waals surface area contributed by atoms with Gasteiger partial charge in [-0.15, -0.1) is 0 Å². The number of phenols is 1. The summed E-state index contributed by atoms with van der Waals surface area (Å²) in [5, 5.41) is 30.4. The molecule has 0 aromatic heterocycles. The van der Waals surface area contributed by atoms with Crippen LogP contribution in [0.3, 0.4) is 0 Å². The zero-order valence-electron chi connectivity index (χ0n) is 26.4. The van der Waals surface area contributed by atoms with E-state index in [-0.39, 0.29) is 36.1 Å². The van der Waals surface area contributed by atoms with E-state index in [1.54, 1.807) is 12.1 Å².